The van der Waals surface area contributed by atoms with Gasteiger partial charge in [0.15, 0.2) is 0 Å². The van der Waals surface area contributed by atoms with Gasteiger partial charge >= 0.3 is 0 Å². The second-order valence-electron chi connectivity index (χ2n) is 6.79. The molecule has 2 aliphatic heterocycles. The van der Waals surface area contributed by atoms with Crippen LogP contribution in [-0.4, -0.2) is 41.6 Å². The van der Waals surface area contributed by atoms with Gasteiger partial charge in [0.1, 0.15) is 11.9 Å². The van der Waals surface area contributed by atoms with Gasteiger partial charge in [-0.25, -0.2) is 8.42 Å². The first kappa shape index (κ1) is 15.7. The van der Waals surface area contributed by atoms with E-state index in [1.165, 1.54) is 0 Å². The minimum Gasteiger partial charge on any atom is -0.489 e. The van der Waals surface area contributed by atoms with Crippen LogP contribution in [0.2, 0.25) is 0 Å². The van der Waals surface area contributed by atoms with E-state index >= 15 is 0 Å². The van der Waals surface area contributed by atoms with Crippen LogP contribution in [0.15, 0.2) is 24.5 Å². The number of piperidine rings is 1. The highest BCUT2D eigenvalue weighted by Gasteiger charge is 2.47. The predicted molar refractivity (Wildman–Crippen MR) is 85.2 cm³/mol. The van der Waals surface area contributed by atoms with E-state index in [1.54, 1.807) is 16.7 Å². The molecule has 2 unspecified atom stereocenters. The van der Waals surface area contributed by atoms with Crippen LogP contribution in [0.3, 0.4) is 0 Å². The molecule has 6 heteroatoms. The van der Waals surface area contributed by atoms with Crippen LogP contribution in [0.1, 0.15) is 39.5 Å². The number of hydrogen-bond acceptors (Lipinski definition) is 4. The van der Waals surface area contributed by atoms with Gasteiger partial charge < -0.3 is 4.74 Å². The third kappa shape index (κ3) is 3.27. The molecule has 0 saturated carbocycles. The molecule has 0 aliphatic carbocycles. The molecule has 0 spiro atoms. The van der Waals surface area contributed by atoms with Gasteiger partial charge in [0.05, 0.1) is 11.9 Å². The monoisotopic (exact) mass is 324 g/mol. The van der Waals surface area contributed by atoms with Gasteiger partial charge in [-0.05, 0) is 30.9 Å². The first-order chi connectivity index (χ1) is 10.5. The summed E-state index contributed by atoms with van der Waals surface area (Å²) in [6, 6.07) is 3.96. The van der Waals surface area contributed by atoms with Crippen LogP contribution in [-0.2, 0) is 10.0 Å². The van der Waals surface area contributed by atoms with Crippen LogP contribution >= 0.6 is 0 Å². The van der Waals surface area contributed by atoms with Crippen LogP contribution in [0.4, 0.5) is 0 Å². The van der Waals surface area contributed by atoms with E-state index < -0.39 is 10.0 Å². The topological polar surface area (TPSA) is 59.5 Å². The predicted octanol–water partition coefficient (Wildman–Crippen LogP) is 2.44. The van der Waals surface area contributed by atoms with Gasteiger partial charge in [0.2, 0.25) is 10.0 Å². The standard InChI is InChI=1S/C16H24N2O3S/c1-12(2)11-22(19,20)18-13-5-6-14(18)9-16(8-13)21-15-4-3-7-17-10-15/h3-4,7,10,12-14,16H,5-6,8-9,11H2,1-2H3. The highest BCUT2D eigenvalue weighted by atomic mass is 32.2. The molecule has 22 heavy (non-hydrogen) atoms. The Labute approximate surface area is 132 Å². The molecule has 2 saturated heterocycles. The van der Waals surface area contributed by atoms with Crippen molar-refractivity contribution in [2.45, 2.75) is 57.7 Å². The Morgan fingerprint density at radius 3 is 2.55 bits per heavy atom. The van der Waals surface area contributed by atoms with E-state index in [0.717, 1.165) is 31.4 Å². The molecule has 1 aromatic heterocycles. The molecular weight excluding hydrogens is 300 g/mol. The molecule has 1 aromatic rings. The van der Waals surface area contributed by atoms with Gasteiger partial charge in [-0.15, -0.1) is 0 Å². The van der Waals surface area contributed by atoms with Gasteiger partial charge in [-0.3, -0.25) is 4.98 Å². The van der Waals surface area contributed by atoms with Crippen molar-refractivity contribution in [3.05, 3.63) is 24.5 Å². The lowest BCUT2D eigenvalue weighted by atomic mass is 10.0. The maximum atomic E-state index is 12.6. The highest BCUT2D eigenvalue weighted by Crippen LogP contribution is 2.39. The molecule has 122 valence electrons. The fourth-order valence-corrected chi connectivity index (χ4v) is 6.06. The summed E-state index contributed by atoms with van der Waals surface area (Å²) in [4.78, 5) is 4.06. The summed E-state index contributed by atoms with van der Waals surface area (Å²) in [6.07, 6.45) is 6.99. The average molecular weight is 324 g/mol. The van der Waals surface area contributed by atoms with Gasteiger partial charge in [-0.1, -0.05) is 13.8 Å². The molecule has 0 N–H and O–H groups in total. The lowest BCUT2D eigenvalue weighted by Gasteiger charge is -2.38. The van der Waals surface area contributed by atoms with E-state index in [2.05, 4.69) is 4.98 Å². The Hall–Kier alpha value is -1.14. The normalized spacial score (nSPS) is 29.0. The van der Waals surface area contributed by atoms with Crippen LogP contribution < -0.4 is 4.74 Å². The molecular formula is C16H24N2O3S. The Bertz CT molecular complexity index is 589. The van der Waals surface area contributed by atoms with Crippen molar-refractivity contribution in [3.8, 4) is 5.75 Å². The smallest absolute Gasteiger partial charge is 0.214 e. The number of hydrogen-bond donors (Lipinski definition) is 0. The Morgan fingerprint density at radius 2 is 2.00 bits per heavy atom. The zero-order chi connectivity index (χ0) is 15.7. The van der Waals surface area contributed by atoms with Crippen molar-refractivity contribution in [2.24, 2.45) is 5.92 Å². The molecule has 0 aromatic carbocycles. The molecule has 3 heterocycles. The first-order valence-electron chi connectivity index (χ1n) is 8.03. The molecule has 0 amide bonds. The summed E-state index contributed by atoms with van der Waals surface area (Å²) in [6.45, 7) is 3.91. The second kappa shape index (κ2) is 6.16. The Kier molecular flexibility index (Phi) is 4.41. The maximum Gasteiger partial charge on any atom is 0.214 e. The molecule has 0 radical (unpaired) electrons. The van der Waals surface area contributed by atoms with Crippen LogP contribution in [0.5, 0.6) is 5.75 Å². The van der Waals surface area contributed by atoms with E-state index in [9.17, 15) is 8.42 Å². The van der Waals surface area contributed by atoms with Crippen LogP contribution in [0, 0.1) is 5.92 Å². The van der Waals surface area contributed by atoms with Gasteiger partial charge in [0.25, 0.3) is 0 Å². The fourth-order valence-electron chi connectivity index (χ4n) is 3.75. The minimum absolute atomic E-state index is 0.0900. The summed E-state index contributed by atoms with van der Waals surface area (Å²) in [5, 5.41) is 0. The minimum atomic E-state index is -3.15. The molecule has 2 bridgehead atoms. The van der Waals surface area contributed by atoms with Crippen molar-refractivity contribution in [1.82, 2.24) is 9.29 Å². The van der Waals surface area contributed by atoms with Crippen molar-refractivity contribution < 1.29 is 13.2 Å². The number of ether oxygens (including phenoxy) is 1. The Balaban J connectivity index is 1.69. The third-order valence-electron chi connectivity index (χ3n) is 4.43. The number of rotatable bonds is 5. The number of sulfonamides is 1. The molecule has 2 atom stereocenters. The van der Waals surface area contributed by atoms with Crippen molar-refractivity contribution in [1.29, 1.82) is 0 Å². The van der Waals surface area contributed by atoms with E-state index in [0.29, 0.717) is 0 Å². The van der Waals surface area contributed by atoms with E-state index in [4.69, 9.17) is 4.74 Å². The molecule has 5 nitrogen and oxygen atoms in total. The van der Waals surface area contributed by atoms with Gasteiger partial charge in [-0.2, -0.15) is 4.31 Å². The zero-order valence-corrected chi connectivity index (χ0v) is 14.0. The van der Waals surface area contributed by atoms with Crippen LogP contribution in [0.25, 0.3) is 0 Å². The van der Waals surface area contributed by atoms with Crippen molar-refractivity contribution in [2.75, 3.05) is 5.75 Å². The summed E-state index contributed by atoms with van der Waals surface area (Å²) in [7, 11) is -3.15. The number of aromatic nitrogens is 1. The summed E-state index contributed by atoms with van der Waals surface area (Å²) in [5.74, 6) is 1.17. The summed E-state index contributed by atoms with van der Waals surface area (Å²) in [5.41, 5.74) is 0. The lowest BCUT2D eigenvalue weighted by Crippen LogP contribution is -2.50. The SMILES string of the molecule is CC(C)CS(=O)(=O)N1C2CCC1CC(Oc1cccnc1)C2. The number of pyridine rings is 1. The Morgan fingerprint density at radius 1 is 1.32 bits per heavy atom. The number of nitrogens with zero attached hydrogens (tertiary/aromatic N) is 2. The van der Waals surface area contributed by atoms with E-state index in [1.807, 2.05) is 26.0 Å². The van der Waals surface area contributed by atoms with Gasteiger partial charge in [0, 0.05) is 31.1 Å². The summed E-state index contributed by atoms with van der Waals surface area (Å²) >= 11 is 0. The zero-order valence-electron chi connectivity index (χ0n) is 13.2. The molecule has 2 fully saturated rings. The van der Waals surface area contributed by atoms with Crippen molar-refractivity contribution >= 4 is 10.0 Å². The maximum absolute atomic E-state index is 12.6. The second-order valence-corrected chi connectivity index (χ2v) is 8.71. The first-order valence-corrected chi connectivity index (χ1v) is 9.64. The fraction of sp³-hybridized carbons (Fsp3) is 0.688. The summed E-state index contributed by atoms with van der Waals surface area (Å²) < 4.78 is 33.0. The quantitative estimate of drug-likeness (QED) is 0.835. The number of fused-ring (bicyclic) bond motifs is 2. The van der Waals surface area contributed by atoms with Crippen molar-refractivity contribution in [3.63, 3.8) is 0 Å². The van der Waals surface area contributed by atoms with E-state index in [-0.39, 0.29) is 29.9 Å². The highest BCUT2D eigenvalue weighted by molar-refractivity contribution is 7.89. The molecule has 3 rings (SSSR count). The largest absolute Gasteiger partial charge is 0.489 e. The third-order valence-corrected chi connectivity index (χ3v) is 6.75. The lowest BCUT2D eigenvalue weighted by molar-refractivity contribution is 0.0952. The molecule has 2 aliphatic rings. The average Bonchev–Trinajstić information content (AvgIpc) is 2.72.